The van der Waals surface area contributed by atoms with E-state index in [0.29, 0.717) is 0 Å². The van der Waals surface area contributed by atoms with Gasteiger partial charge in [-0.25, -0.2) is 0 Å². The molecule has 0 spiro atoms. The number of carbonyl (C=O) groups is 1. The van der Waals surface area contributed by atoms with Gasteiger partial charge in [-0.1, -0.05) is 36.4 Å². The lowest BCUT2D eigenvalue weighted by Crippen LogP contribution is -2.40. The fraction of sp³-hybridized carbons (Fsp3) is 0.316. The quantitative estimate of drug-likeness (QED) is 0.921. The molecule has 2 aliphatic rings. The van der Waals surface area contributed by atoms with E-state index >= 15 is 0 Å². The molecular formula is C19H20N2O. The molecule has 1 atom stereocenters. The molecule has 0 bridgehead atoms. The van der Waals surface area contributed by atoms with Crippen molar-refractivity contribution in [3.8, 4) is 0 Å². The summed E-state index contributed by atoms with van der Waals surface area (Å²) in [6.07, 6.45) is 3.37. The molecule has 3 nitrogen and oxygen atoms in total. The molecule has 0 saturated carbocycles. The van der Waals surface area contributed by atoms with E-state index in [9.17, 15) is 4.79 Å². The highest BCUT2D eigenvalue weighted by Crippen LogP contribution is 2.39. The topological polar surface area (TPSA) is 32.3 Å². The summed E-state index contributed by atoms with van der Waals surface area (Å²) in [6, 6.07) is 16.1. The summed E-state index contributed by atoms with van der Waals surface area (Å²) in [7, 11) is 0. The third-order valence-electron chi connectivity index (χ3n) is 4.75. The zero-order valence-electron chi connectivity index (χ0n) is 12.6. The number of hydrogen-bond donors (Lipinski definition) is 1. The van der Waals surface area contributed by atoms with Gasteiger partial charge in [0, 0.05) is 24.3 Å². The van der Waals surface area contributed by atoms with E-state index in [1.807, 2.05) is 30.3 Å². The Morgan fingerprint density at radius 2 is 1.91 bits per heavy atom. The van der Waals surface area contributed by atoms with Gasteiger partial charge in [-0.3, -0.25) is 4.79 Å². The van der Waals surface area contributed by atoms with Gasteiger partial charge in [-0.15, -0.1) is 0 Å². The number of carbonyl (C=O) groups excluding carboxylic acids is 1. The molecular weight excluding hydrogens is 272 g/mol. The number of aryl methyl sites for hydroxylation is 1. The summed E-state index contributed by atoms with van der Waals surface area (Å²) >= 11 is 0. The number of rotatable bonds is 2. The van der Waals surface area contributed by atoms with Crippen LogP contribution in [-0.4, -0.2) is 19.0 Å². The van der Waals surface area contributed by atoms with Gasteiger partial charge in [0.05, 0.1) is 6.04 Å². The number of amides is 1. The Bertz CT molecular complexity index is 696. The molecule has 22 heavy (non-hydrogen) atoms. The van der Waals surface area contributed by atoms with Crippen molar-refractivity contribution in [1.29, 1.82) is 0 Å². The van der Waals surface area contributed by atoms with Gasteiger partial charge in [0.1, 0.15) is 0 Å². The van der Waals surface area contributed by atoms with Gasteiger partial charge in [0.2, 0.25) is 0 Å². The lowest BCUT2D eigenvalue weighted by Gasteiger charge is -2.40. The van der Waals surface area contributed by atoms with Crippen LogP contribution in [0.5, 0.6) is 0 Å². The predicted octanol–water partition coefficient (Wildman–Crippen LogP) is 3.31. The Morgan fingerprint density at radius 1 is 1.05 bits per heavy atom. The molecule has 0 aliphatic carbocycles. The lowest BCUT2D eigenvalue weighted by atomic mass is 9.89. The molecule has 2 aromatic rings. The zero-order valence-corrected chi connectivity index (χ0v) is 12.6. The van der Waals surface area contributed by atoms with Gasteiger partial charge in [-0.2, -0.15) is 0 Å². The first kappa shape index (κ1) is 13.4. The first-order chi connectivity index (χ1) is 10.8. The molecule has 1 unspecified atom stereocenters. The second-order valence-electron chi connectivity index (χ2n) is 6.13. The summed E-state index contributed by atoms with van der Waals surface area (Å²) in [5.41, 5.74) is 4.82. The Balaban J connectivity index is 1.63. The SMILES string of the molecule is O=C(NC1CCN2CCCc3cccc1c32)c1ccccc1. The van der Waals surface area contributed by atoms with Crippen molar-refractivity contribution >= 4 is 11.6 Å². The highest BCUT2D eigenvalue weighted by molar-refractivity contribution is 5.94. The van der Waals surface area contributed by atoms with E-state index in [1.54, 1.807) is 0 Å². The molecule has 2 aliphatic heterocycles. The third-order valence-corrected chi connectivity index (χ3v) is 4.75. The fourth-order valence-corrected chi connectivity index (χ4v) is 3.70. The van der Waals surface area contributed by atoms with Crippen molar-refractivity contribution in [2.24, 2.45) is 0 Å². The van der Waals surface area contributed by atoms with Gasteiger partial charge in [0.15, 0.2) is 0 Å². The van der Waals surface area contributed by atoms with Crippen molar-refractivity contribution in [2.75, 3.05) is 18.0 Å². The molecule has 0 fully saturated rings. The fourth-order valence-electron chi connectivity index (χ4n) is 3.70. The molecule has 0 radical (unpaired) electrons. The van der Waals surface area contributed by atoms with E-state index in [1.165, 1.54) is 23.2 Å². The van der Waals surface area contributed by atoms with Crippen molar-refractivity contribution in [1.82, 2.24) is 5.32 Å². The molecule has 0 aromatic heterocycles. The smallest absolute Gasteiger partial charge is 0.251 e. The highest BCUT2D eigenvalue weighted by atomic mass is 16.1. The van der Waals surface area contributed by atoms with E-state index in [2.05, 4.69) is 28.4 Å². The van der Waals surface area contributed by atoms with Crippen LogP contribution in [0.2, 0.25) is 0 Å². The Labute approximate surface area is 131 Å². The molecule has 3 heteroatoms. The molecule has 1 N–H and O–H groups in total. The van der Waals surface area contributed by atoms with Crippen molar-refractivity contribution in [3.05, 3.63) is 65.2 Å². The molecule has 0 saturated heterocycles. The lowest BCUT2D eigenvalue weighted by molar-refractivity contribution is 0.0934. The van der Waals surface area contributed by atoms with Crippen LogP contribution in [0, 0.1) is 0 Å². The Hall–Kier alpha value is -2.29. The van der Waals surface area contributed by atoms with Gasteiger partial charge >= 0.3 is 0 Å². The van der Waals surface area contributed by atoms with Gasteiger partial charge < -0.3 is 10.2 Å². The number of para-hydroxylation sites is 1. The number of hydrogen-bond acceptors (Lipinski definition) is 2. The number of benzene rings is 2. The first-order valence-electron chi connectivity index (χ1n) is 8.05. The summed E-state index contributed by atoms with van der Waals surface area (Å²) < 4.78 is 0. The average Bonchev–Trinajstić information content (AvgIpc) is 2.58. The molecule has 112 valence electrons. The van der Waals surface area contributed by atoms with Crippen molar-refractivity contribution < 1.29 is 4.79 Å². The van der Waals surface area contributed by atoms with Crippen LogP contribution < -0.4 is 10.2 Å². The van der Waals surface area contributed by atoms with Crippen LogP contribution in [0.4, 0.5) is 5.69 Å². The summed E-state index contributed by atoms with van der Waals surface area (Å²) in [5, 5.41) is 3.22. The van der Waals surface area contributed by atoms with Gasteiger partial charge in [-0.05, 0) is 42.5 Å². The van der Waals surface area contributed by atoms with Crippen LogP contribution in [-0.2, 0) is 6.42 Å². The monoisotopic (exact) mass is 292 g/mol. The predicted molar refractivity (Wildman–Crippen MR) is 88.2 cm³/mol. The van der Waals surface area contributed by atoms with E-state index in [-0.39, 0.29) is 11.9 Å². The number of anilines is 1. The second kappa shape index (κ2) is 5.48. The van der Waals surface area contributed by atoms with Crippen LogP contribution in [0.15, 0.2) is 48.5 Å². The van der Waals surface area contributed by atoms with Crippen molar-refractivity contribution in [3.63, 3.8) is 0 Å². The van der Waals surface area contributed by atoms with E-state index < -0.39 is 0 Å². The molecule has 4 rings (SSSR count). The Morgan fingerprint density at radius 3 is 2.77 bits per heavy atom. The minimum absolute atomic E-state index is 0.0208. The zero-order chi connectivity index (χ0) is 14.9. The minimum atomic E-state index is 0.0208. The third kappa shape index (κ3) is 2.27. The molecule has 2 heterocycles. The van der Waals surface area contributed by atoms with E-state index in [0.717, 1.165) is 31.5 Å². The maximum absolute atomic E-state index is 12.4. The Kier molecular flexibility index (Phi) is 3.34. The maximum atomic E-state index is 12.4. The molecule has 1 amide bonds. The first-order valence-corrected chi connectivity index (χ1v) is 8.05. The van der Waals surface area contributed by atoms with Crippen LogP contribution in [0.3, 0.4) is 0 Å². The van der Waals surface area contributed by atoms with Crippen LogP contribution in [0.1, 0.15) is 40.4 Å². The van der Waals surface area contributed by atoms with Gasteiger partial charge in [0.25, 0.3) is 5.91 Å². The summed E-state index contributed by atoms with van der Waals surface area (Å²) in [5.74, 6) is 0.0208. The molecule has 2 aromatic carbocycles. The summed E-state index contributed by atoms with van der Waals surface area (Å²) in [6.45, 7) is 2.17. The largest absolute Gasteiger partial charge is 0.371 e. The van der Waals surface area contributed by atoms with Crippen molar-refractivity contribution in [2.45, 2.75) is 25.3 Å². The number of nitrogens with zero attached hydrogens (tertiary/aromatic N) is 1. The summed E-state index contributed by atoms with van der Waals surface area (Å²) in [4.78, 5) is 14.9. The van der Waals surface area contributed by atoms with E-state index in [4.69, 9.17) is 0 Å². The number of nitrogens with one attached hydrogen (secondary N) is 1. The van der Waals surface area contributed by atoms with Crippen LogP contribution >= 0.6 is 0 Å². The second-order valence-corrected chi connectivity index (χ2v) is 6.13. The maximum Gasteiger partial charge on any atom is 0.251 e. The highest BCUT2D eigenvalue weighted by Gasteiger charge is 2.29. The average molecular weight is 292 g/mol. The minimum Gasteiger partial charge on any atom is -0.371 e. The normalized spacial score (nSPS) is 19.5. The standard InChI is InChI=1S/C19H20N2O/c22-19(15-6-2-1-3-7-15)20-17-11-13-21-12-5-9-14-8-4-10-16(17)18(14)21/h1-4,6-8,10,17H,5,9,11-13H2,(H,20,22). The van der Waals surface area contributed by atoms with Crippen LogP contribution in [0.25, 0.3) is 0 Å².